The number of carboxylic acids is 1. The molecule has 0 aliphatic heterocycles. The van der Waals surface area contributed by atoms with Crippen LogP contribution in [0.15, 0.2) is 48.5 Å². The highest BCUT2D eigenvalue weighted by atomic mass is 16.5. The van der Waals surface area contributed by atoms with Gasteiger partial charge in [0.2, 0.25) is 5.91 Å². The lowest BCUT2D eigenvalue weighted by Gasteiger charge is -2.30. The fourth-order valence-corrected chi connectivity index (χ4v) is 5.42. The number of benzene rings is 2. The van der Waals surface area contributed by atoms with Gasteiger partial charge in [0.05, 0.1) is 0 Å². The summed E-state index contributed by atoms with van der Waals surface area (Å²) >= 11 is 0. The first-order valence-electron chi connectivity index (χ1n) is 12.1. The van der Waals surface area contributed by atoms with Crippen molar-refractivity contribution in [3.05, 3.63) is 59.7 Å². The van der Waals surface area contributed by atoms with E-state index in [0.717, 1.165) is 47.9 Å². The van der Waals surface area contributed by atoms with Crippen molar-refractivity contribution in [2.24, 2.45) is 5.92 Å². The lowest BCUT2D eigenvalue weighted by atomic mass is 9.95. The molecule has 2 amide bonds. The predicted octanol–water partition coefficient (Wildman–Crippen LogP) is 4.21. The van der Waals surface area contributed by atoms with Gasteiger partial charge in [0, 0.05) is 5.92 Å². The number of amides is 2. The summed E-state index contributed by atoms with van der Waals surface area (Å²) in [6.45, 7) is 0.164. The largest absolute Gasteiger partial charge is 0.480 e. The average molecular weight is 463 g/mol. The van der Waals surface area contributed by atoms with Crippen LogP contribution in [0.1, 0.15) is 62.0 Å². The van der Waals surface area contributed by atoms with Gasteiger partial charge in [-0.05, 0) is 47.4 Å². The van der Waals surface area contributed by atoms with Gasteiger partial charge in [0.15, 0.2) is 0 Å². The summed E-state index contributed by atoms with van der Waals surface area (Å²) in [7, 11) is 0. The second-order valence-corrected chi connectivity index (χ2v) is 9.78. The average Bonchev–Trinajstić information content (AvgIpc) is 3.43. The molecule has 0 saturated heterocycles. The molecule has 3 aliphatic carbocycles. The minimum absolute atomic E-state index is 0.0681. The lowest BCUT2D eigenvalue weighted by Crippen LogP contribution is -2.60. The van der Waals surface area contributed by atoms with E-state index >= 15 is 0 Å². The van der Waals surface area contributed by atoms with E-state index in [-0.39, 0.29) is 12.5 Å². The van der Waals surface area contributed by atoms with Gasteiger partial charge in [-0.25, -0.2) is 9.59 Å². The SMILES string of the molecule is O=C(NC1(C(=O)N[C@@H](CC2CC2)C(=O)O)CCCC1)OCC1c2ccccc2-c2ccccc21. The van der Waals surface area contributed by atoms with Gasteiger partial charge >= 0.3 is 12.1 Å². The van der Waals surface area contributed by atoms with Crippen LogP contribution in [0.5, 0.6) is 0 Å². The first-order chi connectivity index (χ1) is 16.5. The van der Waals surface area contributed by atoms with Crippen LogP contribution in [0.3, 0.4) is 0 Å². The maximum Gasteiger partial charge on any atom is 0.408 e. The van der Waals surface area contributed by atoms with Gasteiger partial charge < -0.3 is 20.5 Å². The molecule has 7 nitrogen and oxygen atoms in total. The van der Waals surface area contributed by atoms with Crippen LogP contribution in [-0.2, 0) is 14.3 Å². The summed E-state index contributed by atoms with van der Waals surface area (Å²) in [6.07, 6.45) is 4.31. The molecule has 0 spiro atoms. The highest BCUT2D eigenvalue weighted by Crippen LogP contribution is 2.44. The molecule has 7 heteroatoms. The Morgan fingerprint density at radius 1 is 0.971 bits per heavy atom. The smallest absolute Gasteiger partial charge is 0.408 e. The van der Waals surface area contributed by atoms with Gasteiger partial charge in [-0.1, -0.05) is 74.2 Å². The number of ether oxygens (including phenoxy) is 1. The second-order valence-electron chi connectivity index (χ2n) is 9.78. The number of rotatable bonds is 8. The number of carbonyl (C=O) groups is 3. The second kappa shape index (κ2) is 9.12. The molecule has 178 valence electrons. The van der Waals surface area contributed by atoms with Crippen LogP contribution < -0.4 is 10.6 Å². The van der Waals surface area contributed by atoms with E-state index in [1.165, 1.54) is 0 Å². The third kappa shape index (κ3) is 4.39. The molecule has 1 atom stereocenters. The van der Waals surface area contributed by atoms with E-state index in [1.807, 2.05) is 24.3 Å². The standard InChI is InChI=1S/C27H30N2O5/c30-24(31)23(15-17-11-12-17)28-25(32)27(13-5-6-14-27)29-26(33)34-16-22-20-9-3-1-7-18(20)19-8-2-4-10-21(19)22/h1-4,7-10,17,22-23H,5-6,11-16H2,(H,28,32)(H,29,33)(H,30,31)/t23-/m0/s1. The molecule has 3 N–H and O–H groups in total. The van der Waals surface area contributed by atoms with Crippen LogP contribution in [0.4, 0.5) is 4.79 Å². The third-order valence-electron chi connectivity index (χ3n) is 7.45. The molecule has 0 bridgehead atoms. The minimum atomic E-state index is -1.13. The van der Waals surface area contributed by atoms with Crippen molar-refractivity contribution in [3.8, 4) is 11.1 Å². The highest BCUT2D eigenvalue weighted by Gasteiger charge is 2.45. The Balaban J connectivity index is 1.25. The van der Waals surface area contributed by atoms with Gasteiger partial charge in [-0.2, -0.15) is 0 Å². The number of hydrogen-bond acceptors (Lipinski definition) is 4. The number of hydrogen-bond donors (Lipinski definition) is 3. The van der Waals surface area contributed by atoms with Crippen molar-refractivity contribution in [2.75, 3.05) is 6.61 Å². The Hall–Kier alpha value is -3.35. The Morgan fingerprint density at radius 3 is 2.12 bits per heavy atom. The van der Waals surface area contributed by atoms with Crippen molar-refractivity contribution in [3.63, 3.8) is 0 Å². The maximum atomic E-state index is 13.2. The molecule has 2 aromatic rings. The summed E-state index contributed by atoms with van der Waals surface area (Å²) in [5, 5.41) is 15.0. The zero-order chi connectivity index (χ0) is 23.7. The number of nitrogens with one attached hydrogen (secondary N) is 2. The van der Waals surface area contributed by atoms with Crippen LogP contribution in [0.25, 0.3) is 11.1 Å². The molecule has 0 radical (unpaired) electrons. The van der Waals surface area contributed by atoms with Gasteiger partial charge in [-0.15, -0.1) is 0 Å². The quantitative estimate of drug-likeness (QED) is 0.545. The fourth-order valence-electron chi connectivity index (χ4n) is 5.42. The van der Waals surface area contributed by atoms with E-state index in [2.05, 4.69) is 34.9 Å². The number of alkyl carbamates (subject to hydrolysis) is 1. The molecule has 0 aromatic heterocycles. The zero-order valence-corrected chi connectivity index (χ0v) is 19.1. The summed E-state index contributed by atoms with van der Waals surface area (Å²) in [5.41, 5.74) is 3.41. The summed E-state index contributed by atoms with van der Waals surface area (Å²) < 4.78 is 5.66. The minimum Gasteiger partial charge on any atom is -0.480 e. The van der Waals surface area contributed by atoms with Crippen LogP contribution in [0, 0.1) is 5.92 Å². The molecule has 0 heterocycles. The van der Waals surface area contributed by atoms with E-state index in [1.54, 1.807) is 0 Å². The Kier molecular flexibility index (Phi) is 6.02. The van der Waals surface area contributed by atoms with Crippen molar-refractivity contribution >= 4 is 18.0 Å². The first kappa shape index (κ1) is 22.4. The van der Waals surface area contributed by atoms with Crippen LogP contribution in [0.2, 0.25) is 0 Å². The van der Waals surface area contributed by atoms with Crippen molar-refractivity contribution in [2.45, 2.75) is 62.4 Å². The van der Waals surface area contributed by atoms with E-state index in [9.17, 15) is 19.5 Å². The number of carboxylic acid groups (broad SMARTS) is 1. The number of fused-ring (bicyclic) bond motifs is 3. The van der Waals surface area contributed by atoms with E-state index < -0.39 is 29.6 Å². The molecule has 5 rings (SSSR count). The molecular formula is C27H30N2O5. The fraction of sp³-hybridized carbons (Fsp3) is 0.444. The zero-order valence-electron chi connectivity index (χ0n) is 19.1. The maximum absolute atomic E-state index is 13.2. The summed E-state index contributed by atoms with van der Waals surface area (Å²) in [6, 6.07) is 15.3. The van der Waals surface area contributed by atoms with Crippen molar-refractivity contribution < 1.29 is 24.2 Å². The van der Waals surface area contributed by atoms with Crippen LogP contribution in [-0.4, -0.2) is 41.3 Å². The summed E-state index contributed by atoms with van der Waals surface area (Å²) in [5.74, 6) is -1.17. The topological polar surface area (TPSA) is 105 Å². The van der Waals surface area contributed by atoms with Gasteiger partial charge in [0.1, 0.15) is 18.2 Å². The summed E-state index contributed by atoms with van der Waals surface area (Å²) in [4.78, 5) is 37.7. The van der Waals surface area contributed by atoms with Crippen molar-refractivity contribution in [1.29, 1.82) is 0 Å². The lowest BCUT2D eigenvalue weighted by molar-refractivity contribution is -0.143. The third-order valence-corrected chi connectivity index (χ3v) is 7.45. The molecule has 34 heavy (non-hydrogen) atoms. The van der Waals surface area contributed by atoms with E-state index in [0.29, 0.717) is 25.2 Å². The van der Waals surface area contributed by atoms with E-state index in [4.69, 9.17) is 4.74 Å². The molecule has 3 aliphatic rings. The number of carbonyl (C=O) groups excluding carboxylic acids is 2. The molecule has 2 saturated carbocycles. The molecule has 2 fully saturated rings. The molecule has 2 aromatic carbocycles. The Labute approximate surface area is 198 Å². The van der Waals surface area contributed by atoms with Gasteiger partial charge in [-0.3, -0.25) is 4.79 Å². The Bertz CT molecular complexity index is 1060. The monoisotopic (exact) mass is 462 g/mol. The highest BCUT2D eigenvalue weighted by molar-refractivity contribution is 5.93. The van der Waals surface area contributed by atoms with Gasteiger partial charge in [0.25, 0.3) is 0 Å². The molecule has 0 unspecified atom stereocenters. The predicted molar refractivity (Wildman–Crippen MR) is 126 cm³/mol. The van der Waals surface area contributed by atoms with Crippen molar-refractivity contribution in [1.82, 2.24) is 10.6 Å². The normalized spacial score (nSPS) is 19.1. The molecular weight excluding hydrogens is 432 g/mol. The Morgan fingerprint density at radius 2 is 1.56 bits per heavy atom. The van der Waals surface area contributed by atoms with Crippen LogP contribution >= 0.6 is 0 Å². The first-order valence-corrected chi connectivity index (χ1v) is 12.1. The number of aliphatic carboxylic acids is 1.